The van der Waals surface area contributed by atoms with E-state index in [1.807, 2.05) is 23.6 Å². The smallest absolute Gasteiger partial charge is 0.258 e. The first-order valence-corrected chi connectivity index (χ1v) is 9.77. The summed E-state index contributed by atoms with van der Waals surface area (Å²) >= 11 is 1.64. The number of rotatable bonds is 4. The van der Waals surface area contributed by atoms with Gasteiger partial charge in [0, 0.05) is 29.3 Å². The van der Waals surface area contributed by atoms with E-state index < -0.39 is 0 Å². The van der Waals surface area contributed by atoms with Crippen LogP contribution in [0.2, 0.25) is 0 Å². The van der Waals surface area contributed by atoms with Crippen molar-refractivity contribution in [2.24, 2.45) is 0 Å². The van der Waals surface area contributed by atoms with E-state index in [0.717, 1.165) is 16.3 Å². The normalized spacial score (nSPS) is 14.0. The summed E-state index contributed by atoms with van der Waals surface area (Å²) in [6.45, 7) is 5.55. The van der Waals surface area contributed by atoms with Crippen molar-refractivity contribution >= 4 is 17.2 Å². The number of hydrogen-bond acceptors (Lipinski definition) is 6. The van der Waals surface area contributed by atoms with Crippen molar-refractivity contribution < 1.29 is 9.53 Å². The van der Waals surface area contributed by atoms with Crippen LogP contribution in [0.4, 0.5) is 0 Å². The highest BCUT2D eigenvalue weighted by Gasteiger charge is 2.25. The molecule has 138 valence electrons. The van der Waals surface area contributed by atoms with E-state index in [1.54, 1.807) is 34.7 Å². The molecule has 0 fully saturated rings. The zero-order valence-corrected chi connectivity index (χ0v) is 16.1. The van der Waals surface area contributed by atoms with E-state index in [0.29, 0.717) is 42.8 Å². The lowest BCUT2D eigenvalue weighted by Crippen LogP contribution is -2.32. The van der Waals surface area contributed by atoms with Gasteiger partial charge in [-0.2, -0.15) is 0 Å². The number of nitrogens with zero attached hydrogens (tertiary/aromatic N) is 4. The van der Waals surface area contributed by atoms with Crippen LogP contribution in [0.3, 0.4) is 0 Å². The van der Waals surface area contributed by atoms with Gasteiger partial charge >= 0.3 is 0 Å². The number of carbonyl (C=O) groups excluding carboxylic acids is 1. The van der Waals surface area contributed by atoms with Crippen LogP contribution >= 0.6 is 11.3 Å². The molecule has 3 heterocycles. The summed E-state index contributed by atoms with van der Waals surface area (Å²) < 4.78 is 5.80. The Balaban J connectivity index is 1.64. The third-order valence-corrected chi connectivity index (χ3v) is 5.52. The molecule has 0 saturated carbocycles. The largest absolute Gasteiger partial charge is 0.491 e. The molecular formula is C20H20N4O2S. The number of hydrogen-bond donors (Lipinski definition) is 0. The minimum Gasteiger partial charge on any atom is -0.491 e. The summed E-state index contributed by atoms with van der Waals surface area (Å²) in [7, 11) is 0. The van der Waals surface area contributed by atoms with Gasteiger partial charge < -0.3 is 9.64 Å². The van der Waals surface area contributed by atoms with Gasteiger partial charge in [-0.3, -0.25) is 4.79 Å². The van der Waals surface area contributed by atoms with E-state index in [-0.39, 0.29) is 5.91 Å². The standard InChI is InChI=1S/C20H20N4O2S/c1-13(2)19-23-16(12-27-19)14-4-5-17-15(10-14)20(25)24(8-9-26-17)11-18-21-6-3-7-22-18/h3-7,10,12-13H,8-9,11H2,1-2H3. The van der Waals surface area contributed by atoms with Crippen molar-refractivity contribution in [3.8, 4) is 17.0 Å². The highest BCUT2D eigenvalue weighted by atomic mass is 32.1. The van der Waals surface area contributed by atoms with Crippen LogP contribution in [-0.2, 0) is 6.54 Å². The molecule has 2 aromatic heterocycles. The molecule has 1 aromatic carbocycles. The number of ether oxygens (including phenoxy) is 1. The second-order valence-corrected chi connectivity index (χ2v) is 7.57. The summed E-state index contributed by atoms with van der Waals surface area (Å²) in [4.78, 5) is 28.0. The Morgan fingerprint density at radius 2 is 2.07 bits per heavy atom. The van der Waals surface area contributed by atoms with Crippen LogP contribution < -0.4 is 4.74 Å². The average molecular weight is 380 g/mol. The molecule has 0 spiro atoms. The molecule has 27 heavy (non-hydrogen) atoms. The molecule has 6 nitrogen and oxygen atoms in total. The van der Waals surface area contributed by atoms with Gasteiger partial charge in [0.2, 0.25) is 0 Å². The zero-order valence-electron chi connectivity index (χ0n) is 15.3. The van der Waals surface area contributed by atoms with E-state index in [9.17, 15) is 4.79 Å². The van der Waals surface area contributed by atoms with Gasteiger partial charge in [0.15, 0.2) is 0 Å². The van der Waals surface area contributed by atoms with E-state index in [2.05, 4.69) is 23.8 Å². The minimum atomic E-state index is -0.0730. The first-order valence-electron chi connectivity index (χ1n) is 8.89. The molecule has 1 aliphatic heterocycles. The third kappa shape index (κ3) is 3.68. The van der Waals surface area contributed by atoms with Crippen LogP contribution in [0.15, 0.2) is 42.0 Å². The lowest BCUT2D eigenvalue weighted by Gasteiger charge is -2.18. The number of fused-ring (bicyclic) bond motifs is 1. The molecule has 0 unspecified atom stereocenters. The summed E-state index contributed by atoms with van der Waals surface area (Å²) in [6, 6.07) is 7.46. The summed E-state index contributed by atoms with van der Waals surface area (Å²) in [6.07, 6.45) is 3.36. The predicted octanol–water partition coefficient (Wildman–Crippen LogP) is 3.76. The van der Waals surface area contributed by atoms with Gasteiger partial charge in [-0.15, -0.1) is 11.3 Å². The molecule has 4 rings (SSSR count). The maximum atomic E-state index is 13.1. The Hall–Kier alpha value is -2.80. The topological polar surface area (TPSA) is 68.2 Å². The van der Waals surface area contributed by atoms with Gasteiger partial charge in [0.1, 0.15) is 18.2 Å². The SMILES string of the molecule is CC(C)c1nc(-c2ccc3c(c2)C(=O)N(Cc2ncccn2)CCO3)cs1. The van der Waals surface area contributed by atoms with E-state index in [1.165, 1.54) is 0 Å². The van der Waals surface area contributed by atoms with Crippen molar-refractivity contribution in [1.82, 2.24) is 19.9 Å². The Morgan fingerprint density at radius 1 is 1.26 bits per heavy atom. The lowest BCUT2D eigenvalue weighted by atomic mass is 10.1. The lowest BCUT2D eigenvalue weighted by molar-refractivity contribution is 0.0738. The van der Waals surface area contributed by atoms with Gasteiger partial charge in [-0.1, -0.05) is 13.8 Å². The molecule has 0 radical (unpaired) electrons. The van der Waals surface area contributed by atoms with Crippen molar-refractivity contribution in [3.05, 3.63) is 58.4 Å². The summed E-state index contributed by atoms with van der Waals surface area (Å²) in [5.41, 5.74) is 2.37. The molecule has 0 saturated heterocycles. The predicted molar refractivity (Wildman–Crippen MR) is 104 cm³/mol. The molecule has 1 amide bonds. The summed E-state index contributed by atoms with van der Waals surface area (Å²) in [5.74, 6) is 1.54. The maximum Gasteiger partial charge on any atom is 0.258 e. The van der Waals surface area contributed by atoms with Gasteiger partial charge in [0.05, 0.1) is 29.4 Å². The minimum absolute atomic E-state index is 0.0730. The monoisotopic (exact) mass is 380 g/mol. The quantitative estimate of drug-likeness (QED) is 0.689. The Bertz CT molecular complexity index is 956. The first kappa shape index (κ1) is 17.6. The molecule has 3 aromatic rings. The molecule has 7 heteroatoms. The van der Waals surface area contributed by atoms with Gasteiger partial charge in [-0.05, 0) is 24.3 Å². The number of carbonyl (C=O) groups is 1. The van der Waals surface area contributed by atoms with Crippen molar-refractivity contribution in [3.63, 3.8) is 0 Å². The molecule has 0 bridgehead atoms. The molecule has 0 atom stereocenters. The second kappa shape index (κ2) is 7.44. The van der Waals surface area contributed by atoms with Crippen LogP contribution in [-0.4, -0.2) is 38.9 Å². The van der Waals surface area contributed by atoms with Crippen molar-refractivity contribution in [1.29, 1.82) is 0 Å². The molecular weight excluding hydrogens is 360 g/mol. The Kier molecular flexibility index (Phi) is 4.85. The number of amides is 1. The van der Waals surface area contributed by atoms with Gasteiger partial charge in [0.25, 0.3) is 5.91 Å². The van der Waals surface area contributed by atoms with Crippen LogP contribution in [0, 0.1) is 0 Å². The fourth-order valence-corrected chi connectivity index (χ4v) is 3.78. The third-order valence-electron chi connectivity index (χ3n) is 4.38. The van der Waals surface area contributed by atoms with Crippen LogP contribution in [0.25, 0.3) is 11.3 Å². The van der Waals surface area contributed by atoms with E-state index in [4.69, 9.17) is 9.72 Å². The molecule has 0 aliphatic carbocycles. The maximum absolute atomic E-state index is 13.1. The zero-order chi connectivity index (χ0) is 18.8. The number of aromatic nitrogens is 3. The summed E-state index contributed by atoms with van der Waals surface area (Å²) in [5, 5.41) is 3.12. The number of benzene rings is 1. The fraction of sp³-hybridized carbons (Fsp3) is 0.300. The first-order chi connectivity index (χ1) is 13.1. The average Bonchev–Trinajstić information content (AvgIpc) is 3.13. The highest BCUT2D eigenvalue weighted by Crippen LogP contribution is 2.31. The highest BCUT2D eigenvalue weighted by molar-refractivity contribution is 7.10. The van der Waals surface area contributed by atoms with E-state index >= 15 is 0 Å². The molecule has 1 aliphatic rings. The van der Waals surface area contributed by atoms with Crippen LogP contribution in [0.5, 0.6) is 5.75 Å². The van der Waals surface area contributed by atoms with Gasteiger partial charge in [-0.25, -0.2) is 15.0 Å². The number of thiazole rings is 1. The second-order valence-electron chi connectivity index (χ2n) is 6.68. The fourth-order valence-electron chi connectivity index (χ4n) is 2.94. The molecule has 0 N–H and O–H groups in total. The Morgan fingerprint density at radius 3 is 2.81 bits per heavy atom. The Labute approximate surface area is 161 Å². The van der Waals surface area contributed by atoms with Crippen molar-refractivity contribution in [2.45, 2.75) is 26.3 Å². The van der Waals surface area contributed by atoms with Crippen LogP contribution in [0.1, 0.15) is 41.0 Å². The van der Waals surface area contributed by atoms with Crippen molar-refractivity contribution in [2.75, 3.05) is 13.2 Å².